The predicted molar refractivity (Wildman–Crippen MR) is 131 cm³/mol. The molecule has 0 heterocycles. The van der Waals surface area contributed by atoms with Crippen LogP contribution in [0, 0.1) is 34.5 Å². The lowest BCUT2D eigenvalue weighted by Gasteiger charge is -2.63. The number of allylic oxidation sites excluding steroid dienone is 1. The molecule has 4 nitrogen and oxygen atoms in total. The quantitative estimate of drug-likeness (QED) is 0.449. The summed E-state index contributed by atoms with van der Waals surface area (Å²) in [5, 5.41) is 21.6. The second-order valence-corrected chi connectivity index (χ2v) is 12.2. The molecule has 0 aromatic rings. The number of fused-ring (bicyclic) bond motifs is 5. The van der Waals surface area contributed by atoms with Crippen molar-refractivity contribution >= 4 is 11.8 Å². The van der Waals surface area contributed by atoms with E-state index >= 15 is 0 Å². The van der Waals surface area contributed by atoms with Crippen molar-refractivity contribution in [1.29, 1.82) is 0 Å². The van der Waals surface area contributed by atoms with Gasteiger partial charge in [0.2, 0.25) is 0 Å². The van der Waals surface area contributed by atoms with Crippen molar-refractivity contribution in [2.45, 2.75) is 111 Å². The highest BCUT2D eigenvalue weighted by Crippen LogP contribution is 2.69. The van der Waals surface area contributed by atoms with E-state index in [0.29, 0.717) is 35.7 Å². The first-order valence-electron chi connectivity index (χ1n) is 13.4. The van der Waals surface area contributed by atoms with Crippen LogP contribution in [0.4, 0.5) is 0 Å². The van der Waals surface area contributed by atoms with Gasteiger partial charge in [-0.05, 0) is 106 Å². The molecule has 4 aliphatic rings. The highest BCUT2D eigenvalue weighted by molar-refractivity contribution is 5.91. The average molecular weight is 457 g/mol. The van der Waals surface area contributed by atoms with Crippen LogP contribution in [0.2, 0.25) is 0 Å². The minimum absolute atomic E-state index is 0.235. The second-order valence-electron chi connectivity index (χ2n) is 12.2. The van der Waals surface area contributed by atoms with Crippen molar-refractivity contribution in [2.24, 2.45) is 34.5 Å². The molecule has 3 fully saturated rings. The van der Waals surface area contributed by atoms with Crippen molar-refractivity contribution in [3.05, 3.63) is 22.8 Å². The van der Waals surface area contributed by atoms with Crippen molar-refractivity contribution in [3.63, 3.8) is 0 Å². The van der Waals surface area contributed by atoms with E-state index in [1.54, 1.807) is 6.92 Å². The van der Waals surface area contributed by atoms with Gasteiger partial charge >= 0.3 is 5.97 Å². The SMILES string of the molecule is CCC(CC[C@@H](C)[C@H]1CC[C@H]2[C@@H]3CCC4=CC(=O)CC[C@]4(C)[C@@]3(O)CC[C@]12C)=C(C)C(=O)O. The van der Waals surface area contributed by atoms with E-state index in [9.17, 15) is 19.8 Å². The summed E-state index contributed by atoms with van der Waals surface area (Å²) in [7, 11) is 0. The van der Waals surface area contributed by atoms with Crippen LogP contribution in [0.1, 0.15) is 105 Å². The summed E-state index contributed by atoms with van der Waals surface area (Å²) in [6.45, 7) is 10.9. The molecule has 0 unspecified atom stereocenters. The number of rotatable bonds is 6. The highest BCUT2D eigenvalue weighted by Gasteiger charge is 2.65. The van der Waals surface area contributed by atoms with Gasteiger partial charge in [-0.1, -0.05) is 38.8 Å². The molecule has 33 heavy (non-hydrogen) atoms. The van der Waals surface area contributed by atoms with Gasteiger partial charge in [-0.25, -0.2) is 4.79 Å². The van der Waals surface area contributed by atoms with Crippen LogP contribution < -0.4 is 0 Å². The number of hydrogen-bond donors (Lipinski definition) is 2. The number of carbonyl (C=O) groups excluding carboxylic acids is 1. The summed E-state index contributed by atoms with van der Waals surface area (Å²) in [5.74, 6) is 1.50. The number of carboxylic acids is 1. The van der Waals surface area contributed by atoms with Gasteiger partial charge in [-0.15, -0.1) is 0 Å². The number of aliphatic hydroxyl groups is 1. The zero-order valence-corrected chi connectivity index (χ0v) is 21.4. The number of aliphatic carboxylic acids is 1. The summed E-state index contributed by atoms with van der Waals surface area (Å²) in [6, 6.07) is 0. The van der Waals surface area contributed by atoms with Gasteiger partial charge in [0, 0.05) is 17.4 Å². The summed E-state index contributed by atoms with van der Waals surface area (Å²) in [5.41, 5.74) is 2.13. The normalized spacial score (nSPS) is 41.9. The molecule has 7 atom stereocenters. The lowest BCUT2D eigenvalue weighted by atomic mass is 9.44. The molecule has 3 saturated carbocycles. The van der Waals surface area contributed by atoms with Crippen LogP contribution in [0.3, 0.4) is 0 Å². The highest BCUT2D eigenvalue weighted by atomic mass is 16.4. The molecule has 0 aromatic heterocycles. The largest absolute Gasteiger partial charge is 0.478 e. The van der Waals surface area contributed by atoms with Crippen LogP contribution in [-0.4, -0.2) is 27.6 Å². The Morgan fingerprint density at radius 3 is 2.52 bits per heavy atom. The number of carbonyl (C=O) groups is 2. The van der Waals surface area contributed by atoms with E-state index in [2.05, 4.69) is 27.7 Å². The Morgan fingerprint density at radius 2 is 1.85 bits per heavy atom. The predicted octanol–water partition coefficient (Wildman–Crippen LogP) is 6.48. The Labute approximate surface area is 199 Å². The summed E-state index contributed by atoms with van der Waals surface area (Å²) < 4.78 is 0. The molecular weight excluding hydrogens is 412 g/mol. The Bertz CT molecular complexity index is 884. The van der Waals surface area contributed by atoms with Gasteiger partial charge in [0.1, 0.15) is 0 Å². The molecule has 0 spiro atoms. The van der Waals surface area contributed by atoms with Gasteiger partial charge < -0.3 is 10.2 Å². The van der Waals surface area contributed by atoms with Crippen LogP contribution in [-0.2, 0) is 9.59 Å². The third kappa shape index (κ3) is 3.75. The molecule has 2 N–H and O–H groups in total. The monoisotopic (exact) mass is 456 g/mol. The fourth-order valence-corrected chi connectivity index (χ4v) is 8.86. The fourth-order valence-electron chi connectivity index (χ4n) is 8.86. The average Bonchev–Trinajstić information content (AvgIpc) is 3.12. The van der Waals surface area contributed by atoms with E-state index < -0.39 is 11.6 Å². The molecular formula is C29H44O4. The van der Waals surface area contributed by atoms with Crippen LogP contribution in [0.25, 0.3) is 0 Å². The number of hydrogen-bond acceptors (Lipinski definition) is 3. The minimum atomic E-state index is -0.789. The molecule has 0 radical (unpaired) electrons. The fraction of sp³-hybridized carbons (Fsp3) is 0.793. The molecule has 0 aromatic carbocycles. The van der Waals surface area contributed by atoms with E-state index in [4.69, 9.17) is 0 Å². The smallest absolute Gasteiger partial charge is 0.331 e. The first-order chi connectivity index (χ1) is 15.5. The number of ketones is 1. The molecule has 0 saturated heterocycles. The van der Waals surface area contributed by atoms with Gasteiger partial charge in [0.05, 0.1) is 5.60 Å². The maximum Gasteiger partial charge on any atom is 0.331 e. The summed E-state index contributed by atoms with van der Waals surface area (Å²) >= 11 is 0. The first kappa shape index (κ1) is 24.7. The second kappa shape index (κ2) is 8.66. The van der Waals surface area contributed by atoms with E-state index in [1.807, 2.05) is 6.08 Å². The standard InChI is InChI=1S/C29H44O4/c1-6-20(19(3)26(31)32)8-7-18(2)23-11-12-24-25-10-9-21-17-22(30)13-14-28(21,5)29(25,33)16-15-27(23,24)4/h17-18,23-25,33H,6-16H2,1-5H3,(H,31,32)/t18-,23-,24+,25+,27-,28+,29-/m1/s1. The molecule has 4 heteroatoms. The zero-order chi connectivity index (χ0) is 24.2. The van der Waals surface area contributed by atoms with Crippen molar-refractivity contribution in [3.8, 4) is 0 Å². The number of carboxylic acid groups (broad SMARTS) is 1. The maximum absolute atomic E-state index is 12.2. The maximum atomic E-state index is 12.2. The molecule has 4 aliphatic carbocycles. The molecule has 184 valence electrons. The van der Waals surface area contributed by atoms with E-state index in [0.717, 1.165) is 56.9 Å². The summed E-state index contributed by atoms with van der Waals surface area (Å²) in [6.07, 6.45) is 12.2. The van der Waals surface area contributed by atoms with Gasteiger partial charge in [-0.3, -0.25) is 4.79 Å². The molecule has 0 aliphatic heterocycles. The third-order valence-electron chi connectivity index (χ3n) is 11.1. The van der Waals surface area contributed by atoms with Crippen molar-refractivity contribution in [2.75, 3.05) is 0 Å². The third-order valence-corrected chi connectivity index (χ3v) is 11.1. The van der Waals surface area contributed by atoms with Crippen LogP contribution in [0.5, 0.6) is 0 Å². The lowest BCUT2D eigenvalue weighted by Crippen LogP contribution is -2.63. The van der Waals surface area contributed by atoms with E-state index in [1.165, 1.54) is 18.4 Å². The van der Waals surface area contributed by atoms with Crippen LogP contribution in [0.15, 0.2) is 22.8 Å². The Balaban J connectivity index is 1.53. The molecule has 0 bridgehead atoms. The van der Waals surface area contributed by atoms with Gasteiger partial charge in [0.15, 0.2) is 5.78 Å². The lowest BCUT2D eigenvalue weighted by molar-refractivity contribution is -0.193. The van der Waals surface area contributed by atoms with Crippen molar-refractivity contribution < 1.29 is 19.8 Å². The first-order valence-corrected chi connectivity index (χ1v) is 13.4. The minimum Gasteiger partial charge on any atom is -0.478 e. The van der Waals surface area contributed by atoms with E-state index in [-0.39, 0.29) is 16.6 Å². The van der Waals surface area contributed by atoms with Crippen molar-refractivity contribution in [1.82, 2.24) is 0 Å². The molecule has 0 amide bonds. The van der Waals surface area contributed by atoms with Gasteiger partial charge in [-0.2, -0.15) is 0 Å². The Morgan fingerprint density at radius 1 is 1.12 bits per heavy atom. The Hall–Kier alpha value is -1.42. The molecule has 4 rings (SSSR count). The van der Waals surface area contributed by atoms with Crippen LogP contribution >= 0.6 is 0 Å². The zero-order valence-electron chi connectivity index (χ0n) is 21.4. The topological polar surface area (TPSA) is 74.6 Å². The Kier molecular flexibility index (Phi) is 6.48. The van der Waals surface area contributed by atoms with Gasteiger partial charge in [0.25, 0.3) is 0 Å². The summed E-state index contributed by atoms with van der Waals surface area (Å²) in [4.78, 5) is 23.5.